The zero-order valence-electron chi connectivity index (χ0n) is 13.1. The molecular formula is C19H18ClFN2O. The first kappa shape index (κ1) is 15.6. The zero-order chi connectivity index (χ0) is 16.7. The maximum Gasteiger partial charge on any atom is 0.254 e. The van der Waals surface area contributed by atoms with E-state index in [4.69, 9.17) is 11.6 Å². The summed E-state index contributed by atoms with van der Waals surface area (Å²) in [5.74, 6) is 0.186. The second-order valence-electron chi connectivity index (χ2n) is 6.55. The third-order valence-corrected chi connectivity index (χ3v) is 5.29. The van der Waals surface area contributed by atoms with Gasteiger partial charge in [-0.1, -0.05) is 41.9 Å². The molecule has 5 heteroatoms. The largest absolute Gasteiger partial charge is 0.331 e. The van der Waals surface area contributed by atoms with Gasteiger partial charge in [-0.25, -0.2) is 4.39 Å². The van der Waals surface area contributed by atoms with Gasteiger partial charge < -0.3 is 10.2 Å². The van der Waals surface area contributed by atoms with Crippen LogP contribution < -0.4 is 5.32 Å². The molecule has 0 radical (unpaired) electrons. The number of halogens is 2. The molecule has 2 aliphatic rings. The molecule has 2 heterocycles. The molecule has 2 aliphatic heterocycles. The van der Waals surface area contributed by atoms with Gasteiger partial charge in [0.1, 0.15) is 5.82 Å². The molecule has 1 amide bonds. The number of rotatable bonds is 2. The van der Waals surface area contributed by atoms with E-state index in [0.717, 1.165) is 18.7 Å². The van der Waals surface area contributed by atoms with E-state index in [1.165, 1.54) is 12.1 Å². The summed E-state index contributed by atoms with van der Waals surface area (Å²) in [5.41, 5.74) is 1.44. The van der Waals surface area contributed by atoms with E-state index in [1.54, 1.807) is 6.07 Å². The molecule has 2 fully saturated rings. The lowest BCUT2D eigenvalue weighted by atomic mass is 9.89. The van der Waals surface area contributed by atoms with Crippen LogP contribution in [0.5, 0.6) is 0 Å². The summed E-state index contributed by atoms with van der Waals surface area (Å²) in [6, 6.07) is 14.1. The lowest BCUT2D eigenvalue weighted by molar-refractivity contribution is 0.0713. The minimum absolute atomic E-state index is 0.0146. The summed E-state index contributed by atoms with van der Waals surface area (Å²) in [7, 11) is 0. The first-order valence-electron chi connectivity index (χ1n) is 8.16. The number of nitrogens with one attached hydrogen (secondary N) is 1. The van der Waals surface area contributed by atoms with Gasteiger partial charge in [0.2, 0.25) is 0 Å². The van der Waals surface area contributed by atoms with Gasteiger partial charge in [0.25, 0.3) is 5.91 Å². The van der Waals surface area contributed by atoms with Crippen LogP contribution >= 0.6 is 11.6 Å². The maximum atomic E-state index is 13.7. The molecule has 2 saturated heterocycles. The number of hydrogen-bond donors (Lipinski definition) is 1. The Morgan fingerprint density at radius 3 is 2.71 bits per heavy atom. The van der Waals surface area contributed by atoms with E-state index in [-0.39, 0.29) is 17.0 Å². The Morgan fingerprint density at radius 2 is 1.96 bits per heavy atom. The topological polar surface area (TPSA) is 32.3 Å². The highest BCUT2D eigenvalue weighted by Gasteiger charge is 2.46. The highest BCUT2D eigenvalue weighted by atomic mass is 35.5. The fourth-order valence-corrected chi connectivity index (χ4v) is 4.27. The van der Waals surface area contributed by atoms with E-state index < -0.39 is 5.82 Å². The second-order valence-corrected chi connectivity index (χ2v) is 6.99. The van der Waals surface area contributed by atoms with Crippen LogP contribution in [0.4, 0.5) is 4.39 Å². The standard InChI is InChI=1S/C19H18ClFN2O/c20-15-6-13(7-16(21)8-15)19(24)23-11-14-9-22-10-17(14)18(23)12-4-2-1-3-5-12/h1-8,14,17-18,22H,9-11H2/t14-,17-,18-/m0/s1. The Hall–Kier alpha value is -1.91. The van der Waals surface area contributed by atoms with Crippen LogP contribution in [-0.4, -0.2) is 30.4 Å². The van der Waals surface area contributed by atoms with Crippen LogP contribution in [0.25, 0.3) is 0 Å². The van der Waals surface area contributed by atoms with Gasteiger partial charge in [0.15, 0.2) is 0 Å². The molecule has 3 nitrogen and oxygen atoms in total. The number of benzene rings is 2. The van der Waals surface area contributed by atoms with Crippen LogP contribution in [0.2, 0.25) is 5.02 Å². The van der Waals surface area contributed by atoms with Crippen molar-refractivity contribution in [3.63, 3.8) is 0 Å². The van der Waals surface area contributed by atoms with Gasteiger partial charge in [-0.15, -0.1) is 0 Å². The molecule has 0 bridgehead atoms. The lowest BCUT2D eigenvalue weighted by Gasteiger charge is -2.28. The predicted molar refractivity (Wildman–Crippen MR) is 91.5 cm³/mol. The third-order valence-electron chi connectivity index (χ3n) is 5.08. The Bertz CT molecular complexity index is 747. The van der Waals surface area contributed by atoms with Crippen molar-refractivity contribution in [3.05, 3.63) is 70.5 Å². The van der Waals surface area contributed by atoms with Crippen LogP contribution in [0.15, 0.2) is 48.5 Å². The number of carbonyl (C=O) groups is 1. The molecule has 1 N–H and O–H groups in total. The average Bonchev–Trinajstić information content (AvgIpc) is 3.14. The molecule has 0 spiro atoms. The van der Waals surface area contributed by atoms with Crippen LogP contribution in [0.3, 0.4) is 0 Å². The van der Waals surface area contributed by atoms with Crippen LogP contribution in [-0.2, 0) is 0 Å². The number of likely N-dealkylation sites (tertiary alicyclic amines) is 1. The van der Waals surface area contributed by atoms with Crippen molar-refractivity contribution < 1.29 is 9.18 Å². The summed E-state index contributed by atoms with van der Waals surface area (Å²) < 4.78 is 13.7. The lowest BCUT2D eigenvalue weighted by Crippen LogP contribution is -2.34. The van der Waals surface area contributed by atoms with Crippen molar-refractivity contribution in [2.45, 2.75) is 6.04 Å². The fraction of sp³-hybridized carbons (Fsp3) is 0.316. The Labute approximate surface area is 145 Å². The predicted octanol–water partition coefficient (Wildman–Crippen LogP) is 3.51. The van der Waals surface area contributed by atoms with Gasteiger partial charge in [0.05, 0.1) is 6.04 Å². The second kappa shape index (κ2) is 6.19. The number of nitrogens with zero attached hydrogens (tertiary/aromatic N) is 1. The molecule has 0 aromatic heterocycles. The van der Waals surface area contributed by atoms with Gasteiger partial charge in [0, 0.05) is 36.1 Å². The molecule has 124 valence electrons. The normalized spacial score (nSPS) is 25.8. The Morgan fingerprint density at radius 1 is 1.17 bits per heavy atom. The molecule has 0 aliphatic carbocycles. The number of fused-ring (bicyclic) bond motifs is 1. The first-order chi connectivity index (χ1) is 11.6. The fourth-order valence-electron chi connectivity index (χ4n) is 4.05. The molecule has 24 heavy (non-hydrogen) atoms. The average molecular weight is 345 g/mol. The van der Waals surface area contributed by atoms with Crippen molar-refractivity contribution in [1.29, 1.82) is 0 Å². The minimum Gasteiger partial charge on any atom is -0.331 e. The zero-order valence-corrected chi connectivity index (χ0v) is 13.8. The first-order valence-corrected chi connectivity index (χ1v) is 8.54. The smallest absolute Gasteiger partial charge is 0.254 e. The van der Waals surface area contributed by atoms with Crippen molar-refractivity contribution in [2.24, 2.45) is 11.8 Å². The Kier molecular flexibility index (Phi) is 4.02. The molecule has 0 unspecified atom stereocenters. The molecule has 3 atom stereocenters. The minimum atomic E-state index is -0.483. The quantitative estimate of drug-likeness (QED) is 0.904. The molecule has 0 saturated carbocycles. The van der Waals surface area contributed by atoms with Crippen molar-refractivity contribution in [3.8, 4) is 0 Å². The van der Waals surface area contributed by atoms with E-state index in [2.05, 4.69) is 17.4 Å². The third kappa shape index (κ3) is 2.70. The summed E-state index contributed by atoms with van der Waals surface area (Å²) in [4.78, 5) is 14.9. The molecule has 2 aromatic rings. The van der Waals surface area contributed by atoms with Crippen molar-refractivity contribution in [2.75, 3.05) is 19.6 Å². The highest BCUT2D eigenvalue weighted by molar-refractivity contribution is 6.31. The van der Waals surface area contributed by atoms with Gasteiger partial charge in [-0.3, -0.25) is 4.79 Å². The van der Waals surface area contributed by atoms with E-state index >= 15 is 0 Å². The van der Waals surface area contributed by atoms with E-state index in [1.807, 2.05) is 23.1 Å². The van der Waals surface area contributed by atoms with E-state index in [9.17, 15) is 9.18 Å². The van der Waals surface area contributed by atoms with Gasteiger partial charge in [-0.05, 0) is 29.7 Å². The number of amides is 1. The van der Waals surface area contributed by atoms with Crippen LogP contribution in [0.1, 0.15) is 22.0 Å². The van der Waals surface area contributed by atoms with Crippen molar-refractivity contribution >= 4 is 17.5 Å². The van der Waals surface area contributed by atoms with Crippen LogP contribution in [0, 0.1) is 17.7 Å². The Balaban J connectivity index is 1.71. The molecule has 2 aromatic carbocycles. The maximum absolute atomic E-state index is 13.7. The number of carbonyl (C=O) groups excluding carboxylic acids is 1. The van der Waals surface area contributed by atoms with E-state index in [0.29, 0.717) is 23.9 Å². The highest BCUT2D eigenvalue weighted by Crippen LogP contribution is 2.43. The molecular weight excluding hydrogens is 327 g/mol. The summed E-state index contributed by atoms with van der Waals surface area (Å²) >= 11 is 5.93. The number of hydrogen-bond acceptors (Lipinski definition) is 2. The molecule has 4 rings (SSSR count). The monoisotopic (exact) mass is 344 g/mol. The summed E-state index contributed by atoms with van der Waals surface area (Å²) in [6.07, 6.45) is 0. The SMILES string of the molecule is O=C(c1cc(F)cc(Cl)c1)N1C[C@@H]2CNC[C@@H]2[C@@H]1c1ccccc1. The van der Waals surface area contributed by atoms with Gasteiger partial charge in [-0.2, -0.15) is 0 Å². The summed E-state index contributed by atoms with van der Waals surface area (Å²) in [6.45, 7) is 2.50. The van der Waals surface area contributed by atoms with Gasteiger partial charge >= 0.3 is 0 Å². The van der Waals surface area contributed by atoms with Crippen molar-refractivity contribution in [1.82, 2.24) is 10.2 Å². The summed E-state index contributed by atoms with van der Waals surface area (Å²) in [5, 5.41) is 3.67.